The number of benzene rings is 1. The van der Waals surface area contributed by atoms with Gasteiger partial charge in [-0.15, -0.1) is 0 Å². The van der Waals surface area contributed by atoms with Gasteiger partial charge in [-0.25, -0.2) is 0 Å². The largest absolute Gasteiger partial charge is 0.356 e. The third-order valence-corrected chi connectivity index (χ3v) is 4.38. The number of nitrogens with one attached hydrogen (secondary N) is 2. The molecule has 110 valence electrons. The first-order chi connectivity index (χ1) is 9.62. The summed E-state index contributed by atoms with van der Waals surface area (Å²) in [6.07, 6.45) is 3.06. The number of amides is 1. The number of rotatable bonds is 5. The highest BCUT2D eigenvalue weighted by molar-refractivity contribution is 5.82. The highest BCUT2D eigenvalue weighted by Gasteiger charge is 2.34. The summed E-state index contributed by atoms with van der Waals surface area (Å²) in [5.41, 5.74) is 1.11. The molecule has 1 heterocycles. The molecule has 0 aliphatic carbocycles. The van der Waals surface area contributed by atoms with Gasteiger partial charge in [-0.1, -0.05) is 37.3 Å². The van der Waals surface area contributed by atoms with Gasteiger partial charge >= 0.3 is 0 Å². The molecule has 3 heteroatoms. The van der Waals surface area contributed by atoms with E-state index in [0.717, 1.165) is 38.9 Å². The van der Waals surface area contributed by atoms with Crippen molar-refractivity contribution in [3.63, 3.8) is 0 Å². The molecule has 2 N–H and O–H groups in total. The number of carbonyl (C=O) groups excluding carboxylic acids is 1. The first kappa shape index (κ1) is 15.0. The minimum absolute atomic E-state index is 0.199. The van der Waals surface area contributed by atoms with Gasteiger partial charge in [-0.2, -0.15) is 0 Å². The van der Waals surface area contributed by atoms with Crippen molar-refractivity contribution in [1.82, 2.24) is 10.6 Å². The maximum atomic E-state index is 12.3. The maximum absolute atomic E-state index is 12.3. The Hall–Kier alpha value is -1.35. The molecule has 1 aromatic rings. The van der Waals surface area contributed by atoms with E-state index in [9.17, 15) is 4.79 Å². The highest BCUT2D eigenvalue weighted by Crippen LogP contribution is 2.25. The molecule has 3 nitrogen and oxygen atoms in total. The van der Waals surface area contributed by atoms with Crippen LogP contribution in [0.4, 0.5) is 0 Å². The van der Waals surface area contributed by atoms with E-state index < -0.39 is 0 Å². The fourth-order valence-corrected chi connectivity index (χ4v) is 2.81. The normalized spacial score (nSPS) is 24.1. The molecule has 1 aliphatic rings. The van der Waals surface area contributed by atoms with Crippen molar-refractivity contribution in [2.24, 2.45) is 5.41 Å². The lowest BCUT2D eigenvalue weighted by molar-refractivity contribution is -0.131. The Balaban J connectivity index is 1.76. The van der Waals surface area contributed by atoms with Crippen LogP contribution in [0.15, 0.2) is 30.3 Å². The molecule has 1 aromatic carbocycles. The number of hydrogen-bond acceptors (Lipinski definition) is 2. The summed E-state index contributed by atoms with van der Waals surface area (Å²) < 4.78 is 0. The van der Waals surface area contributed by atoms with Crippen LogP contribution < -0.4 is 10.6 Å². The van der Waals surface area contributed by atoms with Crippen molar-refractivity contribution < 1.29 is 4.79 Å². The lowest BCUT2D eigenvalue weighted by Crippen LogP contribution is -2.48. The van der Waals surface area contributed by atoms with Crippen LogP contribution in [0.1, 0.15) is 44.6 Å². The molecule has 2 atom stereocenters. The van der Waals surface area contributed by atoms with Crippen LogP contribution in [-0.2, 0) is 4.79 Å². The number of carbonyl (C=O) groups is 1. The second-order valence-corrected chi connectivity index (χ2v) is 6.20. The van der Waals surface area contributed by atoms with Gasteiger partial charge in [0, 0.05) is 13.1 Å². The lowest BCUT2D eigenvalue weighted by atomic mass is 9.82. The van der Waals surface area contributed by atoms with Crippen LogP contribution in [0, 0.1) is 5.41 Å². The van der Waals surface area contributed by atoms with Crippen molar-refractivity contribution in [3.8, 4) is 0 Å². The van der Waals surface area contributed by atoms with Crippen molar-refractivity contribution in [3.05, 3.63) is 35.9 Å². The average Bonchev–Trinajstić information content (AvgIpc) is 2.48. The molecule has 1 amide bonds. The number of piperidine rings is 1. The van der Waals surface area contributed by atoms with Crippen LogP contribution in [0.2, 0.25) is 0 Å². The molecule has 20 heavy (non-hydrogen) atoms. The zero-order chi connectivity index (χ0) is 14.4. The van der Waals surface area contributed by atoms with Crippen LogP contribution in [0.5, 0.6) is 0 Å². The Morgan fingerprint density at radius 1 is 1.40 bits per heavy atom. The summed E-state index contributed by atoms with van der Waals surface area (Å²) in [4.78, 5) is 12.3. The fourth-order valence-electron chi connectivity index (χ4n) is 2.81. The fraction of sp³-hybridized carbons (Fsp3) is 0.588. The molecular formula is C17H26N2O. The average molecular weight is 274 g/mol. The zero-order valence-electron chi connectivity index (χ0n) is 12.6. The third-order valence-electron chi connectivity index (χ3n) is 4.38. The maximum Gasteiger partial charge on any atom is 0.227 e. The topological polar surface area (TPSA) is 41.1 Å². The SMILES string of the molecule is CC(CCNC(=O)C1(C)CCCNC1)c1ccccc1. The molecule has 0 aromatic heterocycles. The zero-order valence-corrected chi connectivity index (χ0v) is 12.6. The van der Waals surface area contributed by atoms with Gasteiger partial charge in [0.2, 0.25) is 5.91 Å². The van der Waals surface area contributed by atoms with E-state index in [2.05, 4.69) is 48.7 Å². The van der Waals surface area contributed by atoms with Crippen molar-refractivity contribution in [2.75, 3.05) is 19.6 Å². The van der Waals surface area contributed by atoms with E-state index in [1.165, 1.54) is 5.56 Å². The Labute approximate surface area is 122 Å². The van der Waals surface area contributed by atoms with Crippen molar-refractivity contribution >= 4 is 5.91 Å². The summed E-state index contributed by atoms with van der Waals surface area (Å²) in [5, 5.41) is 6.44. The van der Waals surface area contributed by atoms with E-state index in [4.69, 9.17) is 0 Å². The molecule has 0 spiro atoms. The van der Waals surface area contributed by atoms with Gasteiger partial charge in [-0.05, 0) is 44.2 Å². The summed E-state index contributed by atoms with van der Waals surface area (Å²) >= 11 is 0. The molecular weight excluding hydrogens is 248 g/mol. The van der Waals surface area contributed by atoms with Crippen molar-refractivity contribution in [2.45, 2.75) is 39.0 Å². The third kappa shape index (κ3) is 3.83. The van der Waals surface area contributed by atoms with Crippen LogP contribution in [0.3, 0.4) is 0 Å². The molecule has 0 saturated carbocycles. The molecule has 1 fully saturated rings. The predicted octanol–water partition coefficient (Wildman–Crippen LogP) is 2.69. The molecule has 1 saturated heterocycles. The smallest absolute Gasteiger partial charge is 0.227 e. The van der Waals surface area contributed by atoms with Gasteiger partial charge in [0.1, 0.15) is 0 Å². The molecule has 0 radical (unpaired) electrons. The van der Waals surface area contributed by atoms with Crippen LogP contribution >= 0.6 is 0 Å². The van der Waals surface area contributed by atoms with Crippen molar-refractivity contribution in [1.29, 1.82) is 0 Å². The summed E-state index contributed by atoms with van der Waals surface area (Å²) in [5.74, 6) is 0.679. The minimum atomic E-state index is -0.228. The minimum Gasteiger partial charge on any atom is -0.356 e. The summed E-state index contributed by atoms with van der Waals surface area (Å²) in [7, 11) is 0. The van der Waals surface area contributed by atoms with E-state index in [1.54, 1.807) is 0 Å². The van der Waals surface area contributed by atoms with Gasteiger partial charge < -0.3 is 10.6 Å². The van der Waals surface area contributed by atoms with Crippen LogP contribution in [-0.4, -0.2) is 25.5 Å². The lowest BCUT2D eigenvalue weighted by Gasteiger charge is -2.32. The first-order valence-corrected chi connectivity index (χ1v) is 7.66. The van der Waals surface area contributed by atoms with Gasteiger partial charge in [0.25, 0.3) is 0 Å². The van der Waals surface area contributed by atoms with Crippen LogP contribution in [0.25, 0.3) is 0 Å². The highest BCUT2D eigenvalue weighted by atomic mass is 16.2. The second kappa shape index (κ2) is 6.89. The van der Waals surface area contributed by atoms with Gasteiger partial charge in [0.15, 0.2) is 0 Å². The van der Waals surface area contributed by atoms with E-state index in [-0.39, 0.29) is 11.3 Å². The van der Waals surface area contributed by atoms with E-state index >= 15 is 0 Å². The summed E-state index contributed by atoms with van der Waals surface area (Å²) in [6, 6.07) is 10.5. The Bertz CT molecular complexity index is 424. The van der Waals surface area contributed by atoms with Gasteiger partial charge in [0.05, 0.1) is 5.41 Å². The Morgan fingerprint density at radius 2 is 2.15 bits per heavy atom. The second-order valence-electron chi connectivity index (χ2n) is 6.20. The quantitative estimate of drug-likeness (QED) is 0.867. The molecule has 1 aliphatic heterocycles. The predicted molar refractivity (Wildman–Crippen MR) is 82.7 cm³/mol. The Kier molecular flexibility index (Phi) is 5.18. The molecule has 0 bridgehead atoms. The first-order valence-electron chi connectivity index (χ1n) is 7.66. The van der Waals surface area contributed by atoms with Gasteiger partial charge in [-0.3, -0.25) is 4.79 Å². The van der Waals surface area contributed by atoms with E-state index in [0.29, 0.717) is 5.92 Å². The molecule has 2 rings (SSSR count). The monoisotopic (exact) mass is 274 g/mol. The standard InChI is InChI=1S/C17H26N2O/c1-14(15-7-4-3-5-8-15)9-12-19-16(20)17(2)10-6-11-18-13-17/h3-5,7-8,14,18H,6,9-13H2,1-2H3,(H,19,20). The summed E-state index contributed by atoms with van der Waals surface area (Å²) in [6.45, 7) is 6.87. The molecule has 2 unspecified atom stereocenters. The number of hydrogen-bond donors (Lipinski definition) is 2. The van der Waals surface area contributed by atoms with E-state index in [1.807, 2.05) is 6.07 Å². The Morgan fingerprint density at radius 3 is 2.80 bits per heavy atom.